The molecule has 0 bridgehead atoms. The van der Waals surface area contributed by atoms with Crippen molar-refractivity contribution >= 4 is 27.3 Å². The molecule has 1 aliphatic heterocycles. The van der Waals surface area contributed by atoms with Gasteiger partial charge in [-0.05, 0) is 55.7 Å². The highest BCUT2D eigenvalue weighted by Crippen LogP contribution is 2.34. The van der Waals surface area contributed by atoms with Crippen LogP contribution in [-0.4, -0.2) is 20.4 Å². The number of sulfonamides is 1. The van der Waals surface area contributed by atoms with Crippen LogP contribution in [0.1, 0.15) is 25.0 Å². The third-order valence-electron chi connectivity index (χ3n) is 4.31. The maximum atomic E-state index is 12.7. The van der Waals surface area contributed by atoms with E-state index in [0.29, 0.717) is 12.1 Å². The van der Waals surface area contributed by atoms with Crippen LogP contribution in [0, 0.1) is 6.92 Å². The Bertz CT molecular complexity index is 906. The number of nitrogens with one attached hydrogen (secondary N) is 1. The number of rotatable bonds is 3. The summed E-state index contributed by atoms with van der Waals surface area (Å²) >= 11 is 0. The van der Waals surface area contributed by atoms with Gasteiger partial charge in [-0.3, -0.25) is 9.52 Å². The first kappa shape index (κ1) is 16.5. The number of carbonyl (C=O) groups excluding carboxylic acids is 1. The van der Waals surface area contributed by atoms with Crippen molar-refractivity contribution in [3.63, 3.8) is 0 Å². The van der Waals surface area contributed by atoms with Crippen molar-refractivity contribution in [1.82, 2.24) is 0 Å². The van der Waals surface area contributed by atoms with E-state index in [1.165, 1.54) is 6.92 Å². The molecule has 1 amide bonds. The number of amides is 1. The van der Waals surface area contributed by atoms with E-state index in [4.69, 9.17) is 0 Å². The second kappa shape index (κ2) is 5.94. The Balaban J connectivity index is 1.95. The van der Waals surface area contributed by atoms with Crippen LogP contribution in [0.3, 0.4) is 0 Å². The lowest BCUT2D eigenvalue weighted by atomic mass is 10.1. The van der Waals surface area contributed by atoms with Crippen molar-refractivity contribution in [2.75, 3.05) is 9.62 Å². The molecular weight excluding hydrogens is 324 g/mol. The van der Waals surface area contributed by atoms with E-state index >= 15 is 0 Å². The first-order valence-corrected chi connectivity index (χ1v) is 9.29. The molecule has 0 aromatic heterocycles. The molecule has 1 atom stereocenters. The molecule has 3 rings (SSSR count). The number of benzene rings is 2. The quantitative estimate of drug-likeness (QED) is 0.930. The largest absolute Gasteiger partial charge is 0.309 e. The molecule has 0 saturated heterocycles. The molecule has 24 heavy (non-hydrogen) atoms. The van der Waals surface area contributed by atoms with Crippen molar-refractivity contribution in [2.24, 2.45) is 0 Å². The summed E-state index contributed by atoms with van der Waals surface area (Å²) in [5, 5.41) is 0. The summed E-state index contributed by atoms with van der Waals surface area (Å²) in [4.78, 5) is 13.7. The summed E-state index contributed by atoms with van der Waals surface area (Å²) in [6.45, 7) is 5.34. The second-order valence-electron chi connectivity index (χ2n) is 6.15. The van der Waals surface area contributed by atoms with E-state index in [-0.39, 0.29) is 16.8 Å². The van der Waals surface area contributed by atoms with Crippen molar-refractivity contribution in [1.29, 1.82) is 0 Å². The lowest BCUT2D eigenvalue weighted by Gasteiger charge is -2.20. The van der Waals surface area contributed by atoms with Crippen LogP contribution in [0.2, 0.25) is 0 Å². The van der Waals surface area contributed by atoms with E-state index in [0.717, 1.165) is 16.8 Å². The Kier molecular flexibility index (Phi) is 4.09. The Morgan fingerprint density at radius 1 is 1.21 bits per heavy atom. The van der Waals surface area contributed by atoms with Crippen molar-refractivity contribution in [2.45, 2.75) is 38.1 Å². The zero-order chi connectivity index (χ0) is 17.5. The number of hydrogen-bond acceptors (Lipinski definition) is 3. The molecule has 126 valence electrons. The normalized spacial score (nSPS) is 16.8. The average Bonchev–Trinajstić information content (AvgIpc) is 2.84. The molecule has 5 nitrogen and oxygen atoms in total. The molecule has 0 fully saturated rings. The van der Waals surface area contributed by atoms with Gasteiger partial charge in [-0.25, -0.2) is 8.42 Å². The van der Waals surface area contributed by atoms with Crippen LogP contribution >= 0.6 is 0 Å². The molecule has 0 unspecified atom stereocenters. The van der Waals surface area contributed by atoms with Gasteiger partial charge in [-0.1, -0.05) is 18.2 Å². The van der Waals surface area contributed by atoms with Gasteiger partial charge >= 0.3 is 0 Å². The fraction of sp³-hybridized carbons (Fsp3) is 0.278. The van der Waals surface area contributed by atoms with Gasteiger partial charge in [0.15, 0.2) is 0 Å². The summed E-state index contributed by atoms with van der Waals surface area (Å²) in [5.74, 6) is -0.0325. The fourth-order valence-electron chi connectivity index (χ4n) is 3.15. The fourth-order valence-corrected chi connectivity index (χ4v) is 4.33. The highest BCUT2D eigenvalue weighted by atomic mass is 32.2. The van der Waals surface area contributed by atoms with Gasteiger partial charge in [0.25, 0.3) is 10.0 Å². The van der Waals surface area contributed by atoms with Crippen LogP contribution in [0.4, 0.5) is 11.4 Å². The molecule has 1 N–H and O–H groups in total. The molecule has 1 heterocycles. The summed E-state index contributed by atoms with van der Waals surface area (Å²) < 4.78 is 27.9. The number of para-hydroxylation sites is 1. The van der Waals surface area contributed by atoms with Gasteiger partial charge in [-0.2, -0.15) is 0 Å². The Labute approximate surface area is 142 Å². The monoisotopic (exact) mass is 344 g/mol. The van der Waals surface area contributed by atoms with E-state index in [1.54, 1.807) is 35.2 Å². The predicted octanol–water partition coefficient (Wildman–Crippen LogP) is 3.09. The molecule has 0 saturated carbocycles. The van der Waals surface area contributed by atoms with Crippen LogP contribution in [0.15, 0.2) is 47.4 Å². The molecule has 0 aliphatic carbocycles. The number of aryl methyl sites for hydroxylation is 1. The summed E-state index contributed by atoms with van der Waals surface area (Å²) in [6.07, 6.45) is 0.655. The summed E-state index contributed by atoms with van der Waals surface area (Å²) in [7, 11) is -3.67. The molecular formula is C18H20N2O3S. The molecule has 0 radical (unpaired) electrons. The lowest BCUT2D eigenvalue weighted by molar-refractivity contribution is -0.116. The van der Waals surface area contributed by atoms with Crippen molar-refractivity contribution in [3.05, 3.63) is 53.6 Å². The summed E-state index contributed by atoms with van der Waals surface area (Å²) in [6, 6.07) is 12.2. The van der Waals surface area contributed by atoms with Gasteiger partial charge in [0.05, 0.1) is 10.6 Å². The Morgan fingerprint density at radius 3 is 2.58 bits per heavy atom. The van der Waals surface area contributed by atoms with E-state index in [2.05, 4.69) is 4.72 Å². The minimum absolute atomic E-state index is 0.0325. The molecule has 2 aromatic rings. The lowest BCUT2D eigenvalue weighted by Crippen LogP contribution is -2.33. The number of anilines is 2. The maximum absolute atomic E-state index is 12.7. The van der Waals surface area contributed by atoms with Gasteiger partial charge in [0.1, 0.15) is 0 Å². The molecule has 2 aromatic carbocycles. The third-order valence-corrected chi connectivity index (χ3v) is 5.67. The Hall–Kier alpha value is -2.34. The van der Waals surface area contributed by atoms with Crippen LogP contribution in [-0.2, 0) is 21.2 Å². The SMILES string of the molecule is CC(=O)N1c2ccc(S(=O)(=O)Nc3ccccc3C)cc2C[C@@H]1C. The zero-order valence-corrected chi connectivity index (χ0v) is 14.7. The van der Waals surface area contributed by atoms with E-state index in [9.17, 15) is 13.2 Å². The minimum Gasteiger partial charge on any atom is -0.309 e. The zero-order valence-electron chi connectivity index (χ0n) is 13.9. The average molecular weight is 344 g/mol. The molecule has 6 heteroatoms. The van der Waals surface area contributed by atoms with Crippen LogP contribution < -0.4 is 9.62 Å². The van der Waals surface area contributed by atoms with Crippen molar-refractivity contribution in [3.8, 4) is 0 Å². The first-order chi connectivity index (χ1) is 11.3. The highest BCUT2D eigenvalue weighted by Gasteiger charge is 2.30. The van der Waals surface area contributed by atoms with Gasteiger partial charge in [-0.15, -0.1) is 0 Å². The van der Waals surface area contributed by atoms with Gasteiger partial charge < -0.3 is 4.90 Å². The first-order valence-electron chi connectivity index (χ1n) is 7.81. The maximum Gasteiger partial charge on any atom is 0.261 e. The van der Waals surface area contributed by atoms with Crippen molar-refractivity contribution < 1.29 is 13.2 Å². The number of carbonyl (C=O) groups is 1. The third kappa shape index (κ3) is 2.89. The van der Waals surface area contributed by atoms with E-state index in [1.807, 2.05) is 26.0 Å². The predicted molar refractivity (Wildman–Crippen MR) is 94.8 cm³/mol. The Morgan fingerprint density at radius 2 is 1.92 bits per heavy atom. The van der Waals surface area contributed by atoms with Gasteiger partial charge in [0.2, 0.25) is 5.91 Å². The smallest absolute Gasteiger partial charge is 0.261 e. The number of hydrogen-bond donors (Lipinski definition) is 1. The standard InChI is InChI=1S/C18H20N2O3S/c1-12-6-4-5-7-17(12)19-24(22,23)16-8-9-18-15(11-16)10-13(2)20(18)14(3)21/h4-9,11,13,19H,10H2,1-3H3/t13-/m0/s1. The summed E-state index contributed by atoms with van der Waals surface area (Å²) in [5.41, 5.74) is 3.10. The van der Waals surface area contributed by atoms with Gasteiger partial charge in [0, 0.05) is 18.7 Å². The molecule has 1 aliphatic rings. The van der Waals surface area contributed by atoms with Crippen LogP contribution in [0.25, 0.3) is 0 Å². The topological polar surface area (TPSA) is 66.5 Å². The highest BCUT2D eigenvalue weighted by molar-refractivity contribution is 7.92. The number of fused-ring (bicyclic) bond motifs is 1. The van der Waals surface area contributed by atoms with Crippen LogP contribution in [0.5, 0.6) is 0 Å². The van der Waals surface area contributed by atoms with E-state index < -0.39 is 10.0 Å². The molecule has 0 spiro atoms. The number of nitrogens with zero attached hydrogens (tertiary/aromatic N) is 1. The minimum atomic E-state index is -3.67. The second-order valence-corrected chi connectivity index (χ2v) is 7.84.